The fourth-order valence-corrected chi connectivity index (χ4v) is 7.13. The first-order valence-corrected chi connectivity index (χ1v) is 12.6. The van der Waals surface area contributed by atoms with Crippen molar-refractivity contribution in [3.05, 3.63) is 82.9 Å². The zero-order valence-electron chi connectivity index (χ0n) is 13.4. The summed E-state index contributed by atoms with van der Waals surface area (Å²) >= 11 is 0.763. The van der Waals surface area contributed by atoms with Gasteiger partial charge in [0.25, 0.3) is 0 Å². The Labute approximate surface area is 171 Å². The van der Waals surface area contributed by atoms with Crippen LogP contribution in [0, 0.1) is 0 Å². The van der Waals surface area contributed by atoms with E-state index in [1.165, 1.54) is 27.4 Å². The Bertz CT molecular complexity index is 638. The molecule has 4 rings (SSSR count). The van der Waals surface area contributed by atoms with Crippen LogP contribution in [0.3, 0.4) is 0 Å². The fourth-order valence-electron chi connectivity index (χ4n) is 2.98. The number of hydrogen-bond donors (Lipinski definition) is 0. The third kappa shape index (κ3) is 4.51. The number of benzene rings is 2. The van der Waals surface area contributed by atoms with Gasteiger partial charge < -0.3 is 0 Å². The molecule has 0 fully saturated rings. The topological polar surface area (TPSA) is 0 Å². The smallest absolute Gasteiger partial charge is 0.147 e. The predicted molar refractivity (Wildman–Crippen MR) is 105 cm³/mol. The molecule has 0 N–H and O–H groups in total. The van der Waals surface area contributed by atoms with Gasteiger partial charge in [0.1, 0.15) is 0 Å². The molecule has 2 aliphatic rings. The van der Waals surface area contributed by atoms with Crippen molar-refractivity contribution in [1.82, 2.24) is 0 Å². The van der Waals surface area contributed by atoms with E-state index in [-0.39, 0.29) is 24.8 Å². The molecule has 2 atom stereocenters. The second-order valence-electron chi connectivity index (χ2n) is 5.10. The monoisotopic (exact) mass is 436 g/mol. The average molecular weight is 438 g/mol. The summed E-state index contributed by atoms with van der Waals surface area (Å²) in [6.07, 6.45) is 9.49. The van der Waals surface area contributed by atoms with Crippen molar-refractivity contribution in [2.24, 2.45) is 0 Å². The largest absolute Gasteiger partial charge is 0.207 e. The molecule has 0 saturated carbocycles. The molecule has 4 heteroatoms. The SMILES string of the molecule is C1=C[CH]([Zr][CH]2C=Cc3ccccc32)c2ccccc21.Cl.Cl.[CH3][AlH2]. The molecule has 0 radical (unpaired) electrons. The van der Waals surface area contributed by atoms with Crippen LogP contribution in [0.5, 0.6) is 0 Å². The predicted octanol–water partition coefficient (Wildman–Crippen LogP) is 5.12. The molecule has 0 bridgehead atoms. The molecule has 0 amide bonds. The van der Waals surface area contributed by atoms with Gasteiger partial charge in [-0.05, 0) is 0 Å². The van der Waals surface area contributed by atoms with Crippen LogP contribution in [-0.4, -0.2) is 16.3 Å². The minimum atomic E-state index is -0.542. The van der Waals surface area contributed by atoms with E-state index in [2.05, 4.69) is 78.6 Å². The van der Waals surface area contributed by atoms with Gasteiger partial charge in [-0.15, -0.1) is 30.6 Å². The zero-order chi connectivity index (χ0) is 14.7. The molecule has 0 saturated heterocycles. The first-order valence-electron chi connectivity index (χ1n) is 7.72. The zero-order valence-corrected chi connectivity index (χ0v) is 19.5. The van der Waals surface area contributed by atoms with E-state index in [1.807, 2.05) is 0 Å². The van der Waals surface area contributed by atoms with E-state index < -0.39 is 23.2 Å². The van der Waals surface area contributed by atoms with E-state index in [0.29, 0.717) is 0 Å². The summed E-state index contributed by atoms with van der Waals surface area (Å²) in [7, 11) is 0. The van der Waals surface area contributed by atoms with Crippen LogP contribution in [-0.2, 0) is 23.2 Å². The van der Waals surface area contributed by atoms with E-state index in [4.69, 9.17) is 0 Å². The molecule has 2 aliphatic carbocycles. The molecular weight excluding hydrogens is 417 g/mol. The van der Waals surface area contributed by atoms with Crippen molar-refractivity contribution in [2.75, 3.05) is 0 Å². The van der Waals surface area contributed by atoms with Crippen molar-refractivity contribution >= 4 is 53.3 Å². The summed E-state index contributed by atoms with van der Waals surface area (Å²) in [5.41, 5.74) is 5.99. The normalized spacial score (nSPS) is 18.7. The molecule has 0 nitrogen and oxygen atoms in total. The van der Waals surface area contributed by atoms with Crippen molar-refractivity contribution in [1.29, 1.82) is 0 Å². The maximum Gasteiger partial charge on any atom is 0.207 e. The Morgan fingerprint density at radius 1 is 0.696 bits per heavy atom. The second-order valence-corrected chi connectivity index (χ2v) is 8.98. The van der Waals surface area contributed by atoms with Gasteiger partial charge >= 0.3 is 126 Å². The second kappa shape index (κ2) is 10.0. The summed E-state index contributed by atoms with van der Waals surface area (Å²) in [4.78, 5) is 0. The first kappa shape index (κ1) is 21.0. The summed E-state index contributed by atoms with van der Waals surface area (Å²) < 4.78 is 1.47. The van der Waals surface area contributed by atoms with Gasteiger partial charge in [0.2, 0.25) is 16.3 Å². The molecule has 2 aromatic carbocycles. The molecule has 0 aromatic heterocycles. The number of fused-ring (bicyclic) bond motifs is 2. The van der Waals surface area contributed by atoms with Crippen LogP contribution in [0.2, 0.25) is 5.79 Å². The van der Waals surface area contributed by atoms with Gasteiger partial charge in [0.15, 0.2) is 0 Å². The average Bonchev–Trinajstić information content (AvgIpc) is 3.15. The van der Waals surface area contributed by atoms with Crippen LogP contribution in [0.25, 0.3) is 12.2 Å². The summed E-state index contributed by atoms with van der Waals surface area (Å²) in [6.45, 7) is 0. The summed E-state index contributed by atoms with van der Waals surface area (Å²) in [6, 6.07) is 17.7. The molecule has 0 aliphatic heterocycles. The maximum absolute atomic E-state index is 2.44. The van der Waals surface area contributed by atoms with Gasteiger partial charge in [0.05, 0.1) is 0 Å². The van der Waals surface area contributed by atoms with Gasteiger partial charge in [0, 0.05) is 0 Å². The molecular formula is C19H21AlCl2Zr. The van der Waals surface area contributed by atoms with Crippen LogP contribution in [0.1, 0.15) is 29.5 Å². The first-order chi connectivity index (χ1) is 10.4. The Morgan fingerprint density at radius 2 is 1.09 bits per heavy atom. The van der Waals surface area contributed by atoms with Gasteiger partial charge in [-0.2, -0.15) is 0 Å². The number of rotatable bonds is 2. The van der Waals surface area contributed by atoms with E-state index in [9.17, 15) is 0 Å². The number of allylic oxidation sites excluding steroid dienone is 2. The van der Waals surface area contributed by atoms with Crippen LogP contribution in [0.4, 0.5) is 0 Å². The molecule has 0 spiro atoms. The standard InChI is InChI=1S/2C9H7.CH3.Al.2ClH.Zr.2H/c2*1-2-5-9-7-3-6-8(9)4-1;;;;;;;/h2*1-7H;1H3;;2*1H;;;. The van der Waals surface area contributed by atoms with Crippen molar-refractivity contribution < 1.29 is 23.2 Å². The van der Waals surface area contributed by atoms with Crippen LogP contribution >= 0.6 is 24.8 Å². The van der Waals surface area contributed by atoms with Gasteiger partial charge in [-0.25, -0.2) is 0 Å². The number of hydrogen-bond acceptors (Lipinski definition) is 0. The minimum Gasteiger partial charge on any atom is -0.147 e. The Balaban J connectivity index is 0.000000638. The molecule has 23 heavy (non-hydrogen) atoms. The van der Waals surface area contributed by atoms with E-state index in [0.717, 1.165) is 7.25 Å². The van der Waals surface area contributed by atoms with Crippen LogP contribution < -0.4 is 0 Å². The van der Waals surface area contributed by atoms with Crippen molar-refractivity contribution in [3.8, 4) is 0 Å². The van der Waals surface area contributed by atoms with E-state index >= 15 is 0 Å². The van der Waals surface area contributed by atoms with E-state index in [1.54, 1.807) is 11.1 Å². The Kier molecular flexibility index (Phi) is 9.14. The van der Waals surface area contributed by atoms with Gasteiger partial charge in [-0.3, -0.25) is 0 Å². The summed E-state index contributed by atoms with van der Waals surface area (Å²) in [5.74, 6) is 2.14. The third-order valence-electron chi connectivity index (χ3n) is 3.96. The Morgan fingerprint density at radius 3 is 1.52 bits per heavy atom. The molecule has 0 heterocycles. The summed E-state index contributed by atoms with van der Waals surface area (Å²) in [5, 5.41) is 0. The van der Waals surface area contributed by atoms with Crippen molar-refractivity contribution in [2.45, 2.75) is 13.0 Å². The Hall–Kier alpha value is -0.0844. The van der Waals surface area contributed by atoms with Gasteiger partial charge in [-0.1, -0.05) is 0 Å². The van der Waals surface area contributed by atoms with Crippen LogP contribution in [0.15, 0.2) is 60.7 Å². The molecule has 2 unspecified atom stereocenters. The minimum absolute atomic E-state index is 0. The molecule has 2 aromatic rings. The number of halogens is 2. The third-order valence-corrected chi connectivity index (χ3v) is 8.20. The fraction of sp³-hybridized carbons (Fsp3) is 0.158. The maximum atomic E-state index is 2.44. The quantitative estimate of drug-likeness (QED) is 0.572. The van der Waals surface area contributed by atoms with Crippen molar-refractivity contribution in [3.63, 3.8) is 0 Å². The molecule has 118 valence electrons.